The van der Waals surface area contributed by atoms with Crippen LogP contribution in [0.25, 0.3) is 22.4 Å². The van der Waals surface area contributed by atoms with Gasteiger partial charge in [0.15, 0.2) is 18.8 Å². The minimum absolute atomic E-state index is 0.0255. The number of carbonyl (C=O) groups excluding carboxylic acids is 8. The van der Waals surface area contributed by atoms with E-state index in [-0.39, 0.29) is 18.7 Å². The van der Waals surface area contributed by atoms with E-state index in [1.807, 2.05) is 0 Å². The summed E-state index contributed by atoms with van der Waals surface area (Å²) in [4.78, 5) is 103. The number of rotatable bonds is 19. The summed E-state index contributed by atoms with van der Waals surface area (Å²) in [6, 6.07) is 18.8. The van der Waals surface area contributed by atoms with Crippen molar-refractivity contribution >= 4 is 47.6 Å². The first-order valence-electron chi connectivity index (χ1n) is 20.9. The van der Waals surface area contributed by atoms with Gasteiger partial charge in [-0.25, -0.2) is 9.48 Å². The molecule has 0 saturated carbocycles. The summed E-state index contributed by atoms with van der Waals surface area (Å²) >= 11 is 0. The fourth-order valence-electron chi connectivity index (χ4n) is 7.22. The monoisotopic (exact) mass is 939 g/mol. The Morgan fingerprint density at radius 1 is 0.794 bits per heavy atom. The lowest BCUT2D eigenvalue weighted by Crippen LogP contribution is -2.69. The first-order chi connectivity index (χ1) is 32.4. The SMILES string of the molecule is C#CCOc1ccc(-c2cn([C@]3(C(=O)OC)C[C@H](OC(C)=O)[C@@H](NC(=O)COC(C)=O)[C@H]([C@H](OC(C)=O)[C@@H](CNC(=O)Cc4ccc(-c5ccc(OC(C)=O)cc5)cc4)OC(C)=O)O3)nn2)cc1. The van der Waals surface area contributed by atoms with E-state index < -0.39 is 103 Å². The van der Waals surface area contributed by atoms with Crippen molar-refractivity contribution in [3.05, 3.63) is 84.6 Å². The van der Waals surface area contributed by atoms with E-state index in [2.05, 4.69) is 26.9 Å². The van der Waals surface area contributed by atoms with Crippen LogP contribution in [0.5, 0.6) is 11.5 Å². The van der Waals surface area contributed by atoms with Gasteiger partial charge in [0.25, 0.3) is 11.6 Å². The molecule has 1 aliphatic heterocycles. The standard InChI is InChI=1S/C47H49N5O16/c1-8-21-62-36-17-15-35(16-18-36)38-25-52(51-50-38)47(46(60)61-7)23-39(65-29(4)55)43(49-42(59)26-63-27(2)53)45(68-47)44(67-31(6)57)40(66-30(5)56)24-48-41(58)22-32-9-11-33(12-10-32)34-13-19-37(20-14-34)64-28(3)54/h1,9-20,25,39-40,43-45H,21-24,26H2,2-7H3,(H,48,58)(H,49,59)/t39-,40+,43+,44+,45+,47+/m0/s1. The van der Waals surface area contributed by atoms with Crippen molar-refractivity contribution in [2.24, 2.45) is 0 Å². The Kier molecular flexibility index (Phi) is 17.5. The summed E-state index contributed by atoms with van der Waals surface area (Å²) in [5.74, 6) is -3.43. The molecule has 3 aromatic carbocycles. The van der Waals surface area contributed by atoms with Crippen molar-refractivity contribution in [1.29, 1.82) is 0 Å². The van der Waals surface area contributed by atoms with Gasteiger partial charge in [-0.05, 0) is 53.1 Å². The minimum Gasteiger partial charge on any atom is -0.481 e. The second-order valence-corrected chi connectivity index (χ2v) is 15.2. The van der Waals surface area contributed by atoms with Crippen LogP contribution in [-0.2, 0) is 78.9 Å². The van der Waals surface area contributed by atoms with Crippen molar-refractivity contribution in [3.8, 4) is 46.2 Å². The van der Waals surface area contributed by atoms with Crippen molar-refractivity contribution in [2.45, 2.75) is 83.6 Å². The quantitative estimate of drug-likeness (QED) is 0.0591. The van der Waals surface area contributed by atoms with E-state index in [9.17, 15) is 38.4 Å². The third-order valence-corrected chi connectivity index (χ3v) is 10.0. The minimum atomic E-state index is -2.42. The number of nitrogens with zero attached hydrogens (tertiary/aromatic N) is 3. The molecule has 21 heteroatoms. The van der Waals surface area contributed by atoms with Gasteiger partial charge < -0.3 is 48.5 Å². The van der Waals surface area contributed by atoms with Crippen LogP contribution in [0.4, 0.5) is 0 Å². The molecule has 0 bridgehead atoms. The molecule has 358 valence electrons. The first kappa shape index (κ1) is 50.9. The largest absolute Gasteiger partial charge is 0.481 e. The predicted molar refractivity (Wildman–Crippen MR) is 234 cm³/mol. The molecule has 68 heavy (non-hydrogen) atoms. The highest BCUT2D eigenvalue weighted by Gasteiger charge is 2.60. The molecule has 4 aromatic rings. The Labute approximate surface area is 390 Å². The molecule has 2 amide bonds. The lowest BCUT2D eigenvalue weighted by Gasteiger charge is -2.48. The maximum atomic E-state index is 14.2. The number of hydrogen-bond donors (Lipinski definition) is 2. The fraction of sp³-hybridized carbons (Fsp3) is 0.362. The normalized spacial score (nSPS) is 18.2. The van der Waals surface area contributed by atoms with Gasteiger partial charge >= 0.3 is 35.8 Å². The summed E-state index contributed by atoms with van der Waals surface area (Å²) in [5.41, 5.74) is 0.494. The van der Waals surface area contributed by atoms with Crippen LogP contribution in [0.2, 0.25) is 0 Å². The van der Waals surface area contributed by atoms with Gasteiger partial charge in [-0.15, -0.1) is 11.5 Å². The molecule has 0 spiro atoms. The summed E-state index contributed by atoms with van der Waals surface area (Å²) < 4.78 is 45.5. The number of amides is 2. The Bertz CT molecular complexity index is 2520. The maximum Gasteiger partial charge on any atom is 0.361 e. The van der Waals surface area contributed by atoms with E-state index in [0.717, 1.165) is 50.6 Å². The Balaban J connectivity index is 1.51. The van der Waals surface area contributed by atoms with Crippen molar-refractivity contribution in [2.75, 3.05) is 26.9 Å². The summed E-state index contributed by atoms with van der Waals surface area (Å²) in [5, 5.41) is 13.7. The summed E-state index contributed by atoms with van der Waals surface area (Å²) in [6.45, 7) is 4.18. The van der Waals surface area contributed by atoms with Gasteiger partial charge in [-0.2, -0.15) is 0 Å². The number of methoxy groups -OCH3 is 1. The van der Waals surface area contributed by atoms with E-state index >= 15 is 0 Å². The van der Waals surface area contributed by atoms with Crippen LogP contribution in [-0.4, -0.2) is 120 Å². The zero-order chi connectivity index (χ0) is 49.5. The average molecular weight is 940 g/mol. The molecule has 1 aliphatic rings. The van der Waals surface area contributed by atoms with Gasteiger partial charge in [-0.1, -0.05) is 47.5 Å². The van der Waals surface area contributed by atoms with Gasteiger partial charge in [0.2, 0.25) is 5.91 Å². The number of nitrogens with one attached hydrogen (secondary N) is 2. The molecule has 5 rings (SSSR count). The average Bonchev–Trinajstić information content (AvgIpc) is 3.80. The van der Waals surface area contributed by atoms with Crippen molar-refractivity contribution < 1.29 is 76.3 Å². The van der Waals surface area contributed by atoms with Crippen LogP contribution >= 0.6 is 0 Å². The molecule has 0 aliphatic carbocycles. The lowest BCUT2D eigenvalue weighted by atomic mass is 9.86. The number of hydrogen-bond acceptors (Lipinski definition) is 18. The molecule has 6 atom stereocenters. The molecular formula is C47H49N5O16. The number of esters is 6. The zero-order valence-corrected chi connectivity index (χ0v) is 37.9. The first-order valence-corrected chi connectivity index (χ1v) is 20.9. The highest BCUT2D eigenvalue weighted by molar-refractivity contribution is 5.81. The van der Waals surface area contributed by atoms with Crippen molar-refractivity contribution in [3.63, 3.8) is 0 Å². The molecule has 1 fully saturated rings. The summed E-state index contributed by atoms with van der Waals surface area (Å²) in [6.07, 6.45) is -0.964. The smallest absolute Gasteiger partial charge is 0.361 e. The Morgan fingerprint density at radius 2 is 1.41 bits per heavy atom. The fourth-order valence-corrected chi connectivity index (χ4v) is 7.22. The molecule has 0 unspecified atom stereocenters. The number of terminal acetylenes is 1. The summed E-state index contributed by atoms with van der Waals surface area (Å²) in [7, 11) is 1.04. The highest BCUT2D eigenvalue weighted by atomic mass is 16.6. The van der Waals surface area contributed by atoms with Gasteiger partial charge in [0, 0.05) is 46.6 Å². The molecule has 2 N–H and O–H groups in total. The molecular weight excluding hydrogens is 891 g/mol. The van der Waals surface area contributed by atoms with Crippen LogP contribution in [0.15, 0.2) is 79.0 Å². The maximum absolute atomic E-state index is 14.2. The second-order valence-electron chi connectivity index (χ2n) is 15.2. The predicted octanol–water partition coefficient (Wildman–Crippen LogP) is 2.37. The molecule has 21 nitrogen and oxygen atoms in total. The van der Waals surface area contributed by atoms with Crippen molar-refractivity contribution in [1.82, 2.24) is 25.6 Å². The number of benzene rings is 3. The van der Waals surface area contributed by atoms with E-state index in [1.165, 1.54) is 13.1 Å². The van der Waals surface area contributed by atoms with Crippen LogP contribution < -0.4 is 20.1 Å². The Morgan fingerprint density at radius 3 is 1.99 bits per heavy atom. The van der Waals surface area contributed by atoms with E-state index in [0.29, 0.717) is 22.6 Å². The molecule has 2 heterocycles. The number of aromatic nitrogens is 3. The van der Waals surface area contributed by atoms with Crippen LogP contribution in [0.3, 0.4) is 0 Å². The van der Waals surface area contributed by atoms with E-state index in [1.54, 1.807) is 72.8 Å². The van der Waals surface area contributed by atoms with Gasteiger partial charge in [0.1, 0.15) is 36.0 Å². The zero-order valence-electron chi connectivity index (χ0n) is 37.9. The van der Waals surface area contributed by atoms with Gasteiger partial charge in [0.05, 0.1) is 32.3 Å². The topological polar surface area (TPSA) is 265 Å². The molecule has 0 radical (unpaired) electrons. The van der Waals surface area contributed by atoms with Crippen LogP contribution in [0.1, 0.15) is 46.6 Å². The highest BCUT2D eigenvalue weighted by Crippen LogP contribution is 2.39. The lowest BCUT2D eigenvalue weighted by molar-refractivity contribution is -0.265. The second kappa shape index (κ2) is 23.4. The number of carbonyl (C=O) groups is 8. The Hall–Kier alpha value is -8.12. The third-order valence-electron chi connectivity index (χ3n) is 10.0. The molecule has 1 aromatic heterocycles. The van der Waals surface area contributed by atoms with E-state index in [4.69, 9.17) is 44.3 Å². The number of ether oxygens (including phenoxy) is 8. The molecule has 1 saturated heterocycles. The van der Waals surface area contributed by atoms with Crippen LogP contribution in [0, 0.1) is 12.3 Å². The van der Waals surface area contributed by atoms with Gasteiger partial charge in [-0.3, -0.25) is 33.6 Å². The third kappa shape index (κ3) is 13.7.